The molecule has 0 saturated carbocycles. The van der Waals surface area contributed by atoms with Crippen molar-refractivity contribution >= 4 is 11.6 Å². The van der Waals surface area contributed by atoms with Crippen LogP contribution < -0.4 is 15.5 Å². The second kappa shape index (κ2) is 3.31. The maximum absolute atomic E-state index is 5.43. The molecular formula is C4H5ClN4O2. The minimum absolute atomic E-state index is 0.0303. The zero-order valence-electron chi connectivity index (χ0n) is 5.61. The molecule has 7 heteroatoms. The van der Waals surface area contributed by atoms with Crippen molar-refractivity contribution < 1.29 is 9.57 Å². The number of aromatic nitrogens is 3. The van der Waals surface area contributed by atoms with Gasteiger partial charge in [-0.3, -0.25) is 0 Å². The molecule has 0 radical (unpaired) electrons. The van der Waals surface area contributed by atoms with E-state index < -0.39 is 0 Å². The van der Waals surface area contributed by atoms with Crippen molar-refractivity contribution in [2.45, 2.75) is 0 Å². The molecule has 1 aromatic heterocycles. The Labute approximate surface area is 67.3 Å². The van der Waals surface area contributed by atoms with Gasteiger partial charge in [0.2, 0.25) is 5.28 Å². The second-order valence-corrected chi connectivity index (χ2v) is 1.83. The number of rotatable bonds is 2. The Morgan fingerprint density at radius 1 is 1.27 bits per heavy atom. The number of halogens is 1. The molecule has 60 valence electrons. The van der Waals surface area contributed by atoms with Gasteiger partial charge in [0, 0.05) is 0 Å². The predicted molar refractivity (Wildman–Crippen MR) is 36.2 cm³/mol. The maximum atomic E-state index is 5.43. The fourth-order valence-electron chi connectivity index (χ4n) is 0.459. The zero-order valence-corrected chi connectivity index (χ0v) is 6.37. The van der Waals surface area contributed by atoms with Crippen molar-refractivity contribution in [3.05, 3.63) is 5.28 Å². The molecule has 0 aliphatic heterocycles. The molecule has 1 rings (SSSR count). The molecule has 0 aromatic carbocycles. The summed E-state index contributed by atoms with van der Waals surface area (Å²) in [5.41, 5.74) is 0. The SMILES string of the molecule is COc1nc(Cl)nc(ON)n1. The van der Waals surface area contributed by atoms with Crippen molar-refractivity contribution in [3.63, 3.8) is 0 Å². The molecule has 0 aliphatic rings. The minimum Gasteiger partial charge on any atom is -0.467 e. The van der Waals surface area contributed by atoms with E-state index in [1.807, 2.05) is 0 Å². The molecule has 0 bridgehead atoms. The summed E-state index contributed by atoms with van der Waals surface area (Å²) in [5.74, 6) is 4.78. The molecule has 1 heterocycles. The number of methoxy groups -OCH3 is 1. The minimum atomic E-state index is -0.0816. The largest absolute Gasteiger partial charge is 0.467 e. The lowest BCUT2D eigenvalue weighted by atomic mass is 11.0. The standard InChI is InChI=1S/C4H5ClN4O2/c1-10-3-7-2(5)8-4(9-3)11-6/h6H2,1H3. The highest BCUT2D eigenvalue weighted by Gasteiger charge is 2.03. The molecule has 0 saturated heterocycles. The number of ether oxygens (including phenoxy) is 1. The first-order valence-corrected chi connectivity index (χ1v) is 2.96. The van der Waals surface area contributed by atoms with Gasteiger partial charge in [0.15, 0.2) is 0 Å². The van der Waals surface area contributed by atoms with Crippen LogP contribution in [0.15, 0.2) is 0 Å². The van der Waals surface area contributed by atoms with Crippen LogP contribution in [0.1, 0.15) is 0 Å². The highest BCUT2D eigenvalue weighted by atomic mass is 35.5. The lowest BCUT2D eigenvalue weighted by molar-refractivity contribution is 0.291. The summed E-state index contributed by atoms with van der Waals surface area (Å²) in [4.78, 5) is 14.9. The Morgan fingerprint density at radius 3 is 2.45 bits per heavy atom. The normalized spacial score (nSPS) is 9.36. The van der Waals surface area contributed by atoms with E-state index in [4.69, 9.17) is 17.5 Å². The summed E-state index contributed by atoms with van der Waals surface area (Å²) in [6, 6.07) is -0.0210. The number of hydrogen-bond donors (Lipinski definition) is 1. The van der Waals surface area contributed by atoms with Crippen LogP contribution in [0.5, 0.6) is 12.0 Å². The van der Waals surface area contributed by atoms with Gasteiger partial charge in [0.25, 0.3) is 0 Å². The molecule has 6 nitrogen and oxygen atoms in total. The van der Waals surface area contributed by atoms with Crippen LogP contribution in [0, 0.1) is 0 Å². The smallest absolute Gasteiger partial charge is 0.343 e. The highest BCUT2D eigenvalue weighted by Crippen LogP contribution is 2.10. The van der Waals surface area contributed by atoms with Crippen LogP contribution in [-0.2, 0) is 0 Å². The van der Waals surface area contributed by atoms with E-state index in [1.165, 1.54) is 7.11 Å². The van der Waals surface area contributed by atoms with Crippen LogP contribution >= 0.6 is 11.6 Å². The van der Waals surface area contributed by atoms with E-state index in [9.17, 15) is 0 Å². The molecule has 0 atom stereocenters. The van der Waals surface area contributed by atoms with Crippen LogP contribution in [0.2, 0.25) is 5.28 Å². The Kier molecular flexibility index (Phi) is 2.40. The van der Waals surface area contributed by atoms with Crippen molar-refractivity contribution in [1.29, 1.82) is 0 Å². The monoisotopic (exact) mass is 176 g/mol. The average molecular weight is 177 g/mol. The predicted octanol–water partition coefficient (Wildman–Crippen LogP) is -0.214. The molecule has 1 aromatic rings. The highest BCUT2D eigenvalue weighted by molar-refractivity contribution is 6.28. The van der Waals surface area contributed by atoms with E-state index >= 15 is 0 Å². The van der Waals surface area contributed by atoms with Crippen LogP contribution in [0.4, 0.5) is 0 Å². The fourth-order valence-corrected chi connectivity index (χ4v) is 0.603. The van der Waals surface area contributed by atoms with Crippen molar-refractivity contribution in [3.8, 4) is 12.0 Å². The van der Waals surface area contributed by atoms with Crippen molar-refractivity contribution in [1.82, 2.24) is 15.0 Å². The van der Waals surface area contributed by atoms with Crippen molar-refractivity contribution in [2.24, 2.45) is 5.90 Å². The van der Waals surface area contributed by atoms with E-state index in [2.05, 4.69) is 24.5 Å². The lowest BCUT2D eigenvalue weighted by Crippen LogP contribution is -2.07. The number of nitrogens with zero attached hydrogens (tertiary/aromatic N) is 3. The average Bonchev–Trinajstić information content (AvgIpc) is 2.03. The maximum Gasteiger partial charge on any atom is 0.343 e. The van der Waals surface area contributed by atoms with E-state index in [0.717, 1.165) is 0 Å². The van der Waals surface area contributed by atoms with Crippen LogP contribution in [0.3, 0.4) is 0 Å². The molecule has 0 amide bonds. The third kappa shape index (κ3) is 1.89. The molecule has 0 aliphatic carbocycles. The lowest BCUT2D eigenvalue weighted by Gasteiger charge is -1.98. The summed E-state index contributed by atoms with van der Waals surface area (Å²) in [6.07, 6.45) is 0. The molecule has 11 heavy (non-hydrogen) atoms. The molecular weight excluding hydrogens is 172 g/mol. The van der Waals surface area contributed by atoms with Gasteiger partial charge in [-0.1, -0.05) is 0 Å². The first kappa shape index (κ1) is 7.96. The van der Waals surface area contributed by atoms with Gasteiger partial charge in [0.1, 0.15) is 0 Å². The first-order chi connectivity index (χ1) is 5.26. The summed E-state index contributed by atoms with van der Waals surface area (Å²) in [7, 11) is 1.39. The van der Waals surface area contributed by atoms with E-state index in [-0.39, 0.29) is 17.3 Å². The van der Waals surface area contributed by atoms with Crippen molar-refractivity contribution in [2.75, 3.05) is 7.11 Å². The quantitative estimate of drug-likeness (QED) is 0.628. The van der Waals surface area contributed by atoms with Crippen LogP contribution in [-0.4, -0.2) is 22.1 Å². The Balaban J connectivity index is 3.02. The number of hydrogen-bond acceptors (Lipinski definition) is 6. The van der Waals surface area contributed by atoms with E-state index in [1.54, 1.807) is 0 Å². The summed E-state index contributed by atoms with van der Waals surface area (Å²) in [6.45, 7) is 0. The fraction of sp³-hybridized carbons (Fsp3) is 0.250. The molecule has 2 N–H and O–H groups in total. The van der Waals surface area contributed by atoms with Gasteiger partial charge in [-0.15, -0.1) is 4.98 Å². The van der Waals surface area contributed by atoms with E-state index in [0.29, 0.717) is 0 Å². The molecule has 0 spiro atoms. The molecule has 0 fully saturated rings. The molecule has 0 unspecified atom stereocenters. The summed E-state index contributed by atoms with van der Waals surface area (Å²) >= 11 is 5.43. The van der Waals surface area contributed by atoms with Gasteiger partial charge < -0.3 is 9.57 Å². The third-order valence-electron chi connectivity index (χ3n) is 0.855. The zero-order chi connectivity index (χ0) is 8.27. The van der Waals surface area contributed by atoms with Gasteiger partial charge in [0.05, 0.1) is 7.11 Å². The topological polar surface area (TPSA) is 83.2 Å². The van der Waals surface area contributed by atoms with Gasteiger partial charge in [-0.25, -0.2) is 0 Å². The number of nitrogens with two attached hydrogens (primary N) is 1. The second-order valence-electron chi connectivity index (χ2n) is 1.49. The van der Waals surface area contributed by atoms with Gasteiger partial charge in [-0.05, 0) is 11.6 Å². The van der Waals surface area contributed by atoms with Gasteiger partial charge >= 0.3 is 12.0 Å². The Hall–Kier alpha value is -1.14. The Bertz CT molecular complexity index is 234. The Morgan fingerprint density at radius 2 is 1.91 bits per heavy atom. The summed E-state index contributed by atoms with van der Waals surface area (Å²) < 4.78 is 4.66. The van der Waals surface area contributed by atoms with Gasteiger partial charge in [-0.2, -0.15) is 15.9 Å². The third-order valence-corrected chi connectivity index (χ3v) is 1.02. The first-order valence-electron chi connectivity index (χ1n) is 2.58. The summed E-state index contributed by atoms with van der Waals surface area (Å²) in [5, 5.41) is -0.0303. The van der Waals surface area contributed by atoms with Crippen LogP contribution in [0.25, 0.3) is 0 Å².